The van der Waals surface area contributed by atoms with Crippen LogP contribution in [0.4, 0.5) is 0 Å². The van der Waals surface area contributed by atoms with E-state index >= 15 is 0 Å². The molecule has 0 unspecified atom stereocenters. The fourth-order valence-corrected chi connectivity index (χ4v) is 8.29. The van der Waals surface area contributed by atoms with Crippen molar-refractivity contribution in [2.24, 2.45) is 0 Å². The molecule has 0 radical (unpaired) electrons. The van der Waals surface area contributed by atoms with Crippen molar-refractivity contribution in [3.8, 4) is 45.3 Å². The predicted molar refractivity (Wildman–Crippen MR) is 225 cm³/mol. The summed E-state index contributed by atoms with van der Waals surface area (Å²) in [7, 11) is 0. The Morgan fingerprint density at radius 3 is 1.61 bits per heavy atom. The first-order valence-electron chi connectivity index (χ1n) is 18.3. The van der Waals surface area contributed by atoms with Gasteiger partial charge in [0.2, 0.25) is 5.95 Å². The summed E-state index contributed by atoms with van der Waals surface area (Å²) in [6.45, 7) is 0. The second-order valence-corrected chi connectivity index (χ2v) is 13.8. The van der Waals surface area contributed by atoms with Crippen LogP contribution in [0.25, 0.3) is 99.7 Å². The molecular weight excluding hydrogens is 657 g/mol. The molecule has 0 fully saturated rings. The van der Waals surface area contributed by atoms with Gasteiger partial charge < -0.3 is 4.57 Å². The summed E-state index contributed by atoms with van der Waals surface area (Å²) in [5.74, 6) is 0.637. The Morgan fingerprint density at radius 1 is 0.333 bits per heavy atom. The van der Waals surface area contributed by atoms with Crippen molar-refractivity contribution < 1.29 is 0 Å². The molecule has 0 amide bonds. The van der Waals surface area contributed by atoms with Gasteiger partial charge in [0.25, 0.3) is 0 Å². The van der Waals surface area contributed by atoms with Crippen LogP contribution in [0.2, 0.25) is 0 Å². The molecule has 3 heterocycles. The summed E-state index contributed by atoms with van der Waals surface area (Å²) in [5, 5.41) is 7.15. The molecule has 0 aliphatic heterocycles. The van der Waals surface area contributed by atoms with Crippen molar-refractivity contribution in [1.82, 2.24) is 19.1 Å². The molecule has 3 aromatic heterocycles. The van der Waals surface area contributed by atoms with Crippen LogP contribution >= 0.6 is 0 Å². The molecule has 0 saturated heterocycles. The summed E-state index contributed by atoms with van der Waals surface area (Å²) < 4.78 is 4.70. The largest absolute Gasteiger partial charge is 0.309 e. The predicted octanol–water partition coefficient (Wildman–Crippen LogP) is 12.8. The van der Waals surface area contributed by atoms with Gasteiger partial charge >= 0.3 is 0 Å². The van der Waals surface area contributed by atoms with Gasteiger partial charge in [-0.05, 0) is 58.3 Å². The molecule has 0 bridgehead atoms. The van der Waals surface area contributed by atoms with E-state index < -0.39 is 0 Å². The van der Waals surface area contributed by atoms with Crippen molar-refractivity contribution in [3.63, 3.8) is 0 Å². The third-order valence-electron chi connectivity index (χ3n) is 10.7. The van der Waals surface area contributed by atoms with E-state index in [1.807, 2.05) is 6.07 Å². The van der Waals surface area contributed by atoms with Crippen LogP contribution in [0, 0.1) is 0 Å². The summed E-state index contributed by atoms with van der Waals surface area (Å²) >= 11 is 0. The maximum Gasteiger partial charge on any atom is 0.235 e. The van der Waals surface area contributed by atoms with Crippen molar-refractivity contribution in [1.29, 1.82) is 0 Å². The number of benzene rings is 8. The maximum absolute atomic E-state index is 5.45. The second-order valence-electron chi connectivity index (χ2n) is 13.8. The molecule has 4 nitrogen and oxygen atoms in total. The fraction of sp³-hybridized carbons (Fsp3) is 0. The van der Waals surface area contributed by atoms with Crippen LogP contribution < -0.4 is 0 Å². The van der Waals surface area contributed by atoms with E-state index in [1.54, 1.807) is 0 Å². The van der Waals surface area contributed by atoms with Crippen LogP contribution in [0.1, 0.15) is 0 Å². The van der Waals surface area contributed by atoms with Gasteiger partial charge in [-0.3, -0.25) is 4.57 Å². The summed E-state index contributed by atoms with van der Waals surface area (Å²) in [5.41, 5.74) is 11.8. The Labute approximate surface area is 311 Å². The third kappa shape index (κ3) is 4.70. The first-order valence-corrected chi connectivity index (χ1v) is 18.3. The first kappa shape index (κ1) is 30.3. The van der Waals surface area contributed by atoms with Gasteiger partial charge in [0.1, 0.15) is 0 Å². The minimum absolute atomic E-state index is 0.637. The lowest BCUT2D eigenvalue weighted by Crippen LogP contribution is -2.04. The van der Waals surface area contributed by atoms with E-state index in [0.29, 0.717) is 5.95 Å². The van der Waals surface area contributed by atoms with Gasteiger partial charge in [-0.1, -0.05) is 158 Å². The van der Waals surface area contributed by atoms with Gasteiger partial charge in [-0.25, -0.2) is 9.97 Å². The monoisotopic (exact) mass is 688 g/mol. The molecule has 0 N–H and O–H groups in total. The zero-order valence-corrected chi connectivity index (χ0v) is 29.3. The highest BCUT2D eigenvalue weighted by Crippen LogP contribution is 2.44. The molecule has 11 aromatic rings. The number of hydrogen-bond acceptors (Lipinski definition) is 2. The van der Waals surface area contributed by atoms with Gasteiger partial charge in [0, 0.05) is 38.4 Å². The number of para-hydroxylation sites is 2. The van der Waals surface area contributed by atoms with Gasteiger partial charge in [0.05, 0.1) is 33.5 Å². The van der Waals surface area contributed by atoms with Gasteiger partial charge in [-0.2, -0.15) is 0 Å². The maximum atomic E-state index is 5.45. The first-order chi connectivity index (χ1) is 26.8. The normalized spacial score (nSPS) is 11.7. The van der Waals surface area contributed by atoms with E-state index in [4.69, 9.17) is 9.97 Å². The van der Waals surface area contributed by atoms with E-state index in [0.717, 1.165) is 50.3 Å². The van der Waals surface area contributed by atoms with Crippen LogP contribution in [0.3, 0.4) is 0 Å². The molecule has 8 aromatic carbocycles. The lowest BCUT2D eigenvalue weighted by atomic mass is 10.0. The SMILES string of the molecule is c1ccc(-c2ccc(-c3cc(-c4ccccc4)nc(-n4c5ccc6ccccc6c5c5ccc6c(c7ccccc7n6-c6ccccc6)c54)n3)cc2)cc1. The van der Waals surface area contributed by atoms with Crippen LogP contribution in [-0.4, -0.2) is 19.1 Å². The van der Waals surface area contributed by atoms with Crippen LogP contribution in [0.15, 0.2) is 194 Å². The highest BCUT2D eigenvalue weighted by Gasteiger charge is 2.23. The minimum atomic E-state index is 0.637. The molecule has 0 spiro atoms. The summed E-state index contributed by atoms with van der Waals surface area (Å²) in [6, 6.07) is 68.9. The summed E-state index contributed by atoms with van der Waals surface area (Å²) in [4.78, 5) is 10.9. The third-order valence-corrected chi connectivity index (χ3v) is 10.7. The molecule has 11 rings (SSSR count). The van der Waals surface area contributed by atoms with Crippen molar-refractivity contribution in [3.05, 3.63) is 194 Å². The van der Waals surface area contributed by atoms with E-state index in [-0.39, 0.29) is 0 Å². The zero-order chi connectivity index (χ0) is 35.6. The number of rotatable bonds is 5. The molecule has 0 aliphatic rings. The Balaban J connectivity index is 1.27. The Bertz CT molecular complexity index is 3180. The number of aromatic nitrogens is 4. The average molecular weight is 689 g/mol. The van der Waals surface area contributed by atoms with Gasteiger partial charge in [-0.15, -0.1) is 0 Å². The molecule has 0 saturated carbocycles. The lowest BCUT2D eigenvalue weighted by molar-refractivity contribution is 0.998. The quantitative estimate of drug-likeness (QED) is 0.180. The zero-order valence-electron chi connectivity index (χ0n) is 29.3. The van der Waals surface area contributed by atoms with Crippen molar-refractivity contribution >= 4 is 54.4 Å². The minimum Gasteiger partial charge on any atom is -0.309 e. The topological polar surface area (TPSA) is 35.6 Å². The standard InChI is InChI=1S/C50H32N4/c1-4-14-33(15-5-1)34-24-26-37(27-25-34)43-32-42(36-17-6-2-7-18-36)51-50(52-43)54-45-30-28-35-16-10-11-21-39(35)47(45)41-29-31-46-48(49(41)54)40-22-12-13-23-44(40)53(46)38-19-8-3-9-20-38/h1-32H. The van der Waals surface area contributed by atoms with E-state index in [9.17, 15) is 0 Å². The van der Waals surface area contributed by atoms with Crippen molar-refractivity contribution in [2.45, 2.75) is 0 Å². The average Bonchev–Trinajstić information content (AvgIpc) is 3.78. The molecule has 0 atom stereocenters. The Kier molecular flexibility index (Phi) is 6.82. The second kappa shape index (κ2) is 12.1. The number of nitrogens with zero attached hydrogens (tertiary/aromatic N) is 4. The van der Waals surface area contributed by atoms with E-state index in [2.05, 4.69) is 197 Å². The molecule has 252 valence electrons. The van der Waals surface area contributed by atoms with Gasteiger partial charge in [0.15, 0.2) is 0 Å². The fourth-order valence-electron chi connectivity index (χ4n) is 8.29. The van der Waals surface area contributed by atoms with E-state index in [1.165, 1.54) is 43.4 Å². The summed E-state index contributed by atoms with van der Waals surface area (Å²) in [6.07, 6.45) is 0. The van der Waals surface area contributed by atoms with Crippen LogP contribution in [-0.2, 0) is 0 Å². The molecule has 4 heteroatoms. The molecular formula is C50H32N4. The lowest BCUT2D eigenvalue weighted by Gasteiger charge is -2.13. The van der Waals surface area contributed by atoms with Crippen LogP contribution in [0.5, 0.6) is 0 Å². The smallest absolute Gasteiger partial charge is 0.235 e. The number of fused-ring (bicyclic) bond motifs is 9. The molecule has 54 heavy (non-hydrogen) atoms. The highest BCUT2D eigenvalue weighted by atomic mass is 15.2. The Morgan fingerprint density at radius 2 is 0.870 bits per heavy atom. The Hall–Kier alpha value is -7.30. The van der Waals surface area contributed by atoms with Crippen molar-refractivity contribution in [2.75, 3.05) is 0 Å². The molecule has 0 aliphatic carbocycles. The number of hydrogen-bond donors (Lipinski definition) is 0. The highest BCUT2D eigenvalue weighted by molar-refractivity contribution is 6.30.